The standard InChI is InChI=1S/C24H18ClN3OS2/c25-21-14-13-20(31-21)23-22(19-8-4-5-15-26-19)27-24(30)28(23)16-9-11-18(12-10-16)29-17-6-2-1-3-7-17/h1-15,22-23H,(H,27,30)/t22-,23+/m0/s1. The van der Waals surface area contributed by atoms with Crippen molar-refractivity contribution in [3.05, 3.63) is 106 Å². The molecular formula is C24H18ClN3OS2. The molecular weight excluding hydrogens is 446 g/mol. The molecule has 2 aromatic heterocycles. The molecule has 154 valence electrons. The second-order valence-corrected chi connectivity index (χ2v) is 9.18. The molecule has 1 aliphatic rings. The van der Waals surface area contributed by atoms with Gasteiger partial charge in [0.2, 0.25) is 0 Å². The molecule has 0 aliphatic carbocycles. The van der Waals surface area contributed by atoms with Crippen LogP contribution in [-0.4, -0.2) is 10.1 Å². The molecule has 1 aliphatic heterocycles. The number of benzene rings is 2. The quantitative estimate of drug-likeness (QED) is 0.331. The largest absolute Gasteiger partial charge is 0.457 e. The lowest BCUT2D eigenvalue weighted by atomic mass is 10.0. The van der Waals surface area contributed by atoms with E-state index < -0.39 is 0 Å². The molecule has 3 heterocycles. The minimum absolute atomic E-state index is 0.0548. The summed E-state index contributed by atoms with van der Waals surface area (Å²) in [5, 5.41) is 4.11. The fraction of sp³-hybridized carbons (Fsp3) is 0.0833. The number of ether oxygens (including phenoxy) is 1. The molecule has 0 bridgehead atoms. The number of hydrogen-bond donors (Lipinski definition) is 1. The molecule has 2 aromatic carbocycles. The van der Waals surface area contributed by atoms with Gasteiger partial charge < -0.3 is 15.0 Å². The van der Waals surface area contributed by atoms with Crippen molar-refractivity contribution in [3.63, 3.8) is 0 Å². The van der Waals surface area contributed by atoms with Gasteiger partial charge in [-0.15, -0.1) is 11.3 Å². The van der Waals surface area contributed by atoms with Gasteiger partial charge in [-0.25, -0.2) is 0 Å². The molecule has 4 aromatic rings. The summed E-state index contributed by atoms with van der Waals surface area (Å²) in [7, 11) is 0. The summed E-state index contributed by atoms with van der Waals surface area (Å²) in [5.41, 5.74) is 1.91. The lowest BCUT2D eigenvalue weighted by Crippen LogP contribution is -2.28. The van der Waals surface area contributed by atoms with Crippen LogP contribution in [0.2, 0.25) is 4.34 Å². The van der Waals surface area contributed by atoms with Gasteiger partial charge in [-0.3, -0.25) is 4.98 Å². The monoisotopic (exact) mass is 463 g/mol. The van der Waals surface area contributed by atoms with E-state index in [1.165, 1.54) is 0 Å². The number of rotatable bonds is 5. The Labute approximate surface area is 195 Å². The first-order valence-corrected chi connectivity index (χ1v) is 11.4. The van der Waals surface area contributed by atoms with Crippen LogP contribution in [0.5, 0.6) is 11.5 Å². The molecule has 5 rings (SSSR count). The summed E-state index contributed by atoms with van der Waals surface area (Å²) in [6.45, 7) is 0. The highest BCUT2D eigenvalue weighted by Crippen LogP contribution is 2.44. The Balaban J connectivity index is 1.48. The van der Waals surface area contributed by atoms with Gasteiger partial charge in [0.15, 0.2) is 5.11 Å². The van der Waals surface area contributed by atoms with Gasteiger partial charge in [-0.05, 0) is 72.9 Å². The summed E-state index contributed by atoms with van der Waals surface area (Å²) in [6, 6.07) is 27.5. The minimum atomic E-state index is -0.0799. The molecule has 0 saturated carbocycles. The number of thiocarbonyl (C=S) groups is 1. The van der Waals surface area contributed by atoms with Crippen LogP contribution in [-0.2, 0) is 0 Å². The molecule has 1 saturated heterocycles. The zero-order valence-corrected chi connectivity index (χ0v) is 18.7. The predicted molar refractivity (Wildman–Crippen MR) is 130 cm³/mol. The highest BCUT2D eigenvalue weighted by atomic mass is 35.5. The third-order valence-corrected chi connectivity index (χ3v) is 6.69. The second kappa shape index (κ2) is 8.67. The SMILES string of the molecule is S=C1N[C@@H](c2ccccn2)[C@@H](c2ccc(Cl)s2)N1c1ccc(Oc2ccccc2)cc1. The normalized spacial score (nSPS) is 18.1. The number of hydrogen-bond acceptors (Lipinski definition) is 4. The summed E-state index contributed by atoms with van der Waals surface area (Å²) in [5.74, 6) is 1.57. The number of thiophene rings is 1. The molecule has 1 N–H and O–H groups in total. The Bertz CT molecular complexity index is 1180. The zero-order chi connectivity index (χ0) is 21.2. The third-order valence-electron chi connectivity index (χ3n) is 5.08. The Morgan fingerprint density at radius 2 is 1.65 bits per heavy atom. The first kappa shape index (κ1) is 20.0. The number of halogens is 1. The van der Waals surface area contributed by atoms with Crippen molar-refractivity contribution < 1.29 is 4.74 Å². The van der Waals surface area contributed by atoms with Crippen molar-refractivity contribution in [3.8, 4) is 11.5 Å². The third kappa shape index (κ3) is 4.14. The molecule has 7 heteroatoms. The first-order valence-electron chi connectivity index (χ1n) is 9.78. The van der Waals surface area contributed by atoms with Gasteiger partial charge in [0.25, 0.3) is 0 Å². The smallest absolute Gasteiger partial charge is 0.174 e. The average Bonchev–Trinajstić information content (AvgIpc) is 3.38. The van der Waals surface area contributed by atoms with Crippen molar-refractivity contribution in [1.29, 1.82) is 0 Å². The Morgan fingerprint density at radius 3 is 2.32 bits per heavy atom. The van der Waals surface area contributed by atoms with Gasteiger partial charge >= 0.3 is 0 Å². The Kier molecular flexibility index (Phi) is 5.59. The van der Waals surface area contributed by atoms with E-state index in [4.69, 9.17) is 28.6 Å². The van der Waals surface area contributed by atoms with Crippen molar-refractivity contribution in [2.45, 2.75) is 12.1 Å². The maximum atomic E-state index is 6.28. The Hall–Kier alpha value is -2.93. The van der Waals surface area contributed by atoms with Gasteiger partial charge in [0, 0.05) is 16.8 Å². The van der Waals surface area contributed by atoms with E-state index in [-0.39, 0.29) is 12.1 Å². The minimum Gasteiger partial charge on any atom is -0.457 e. The topological polar surface area (TPSA) is 37.4 Å². The summed E-state index contributed by atoms with van der Waals surface area (Å²) >= 11 is 13.6. The van der Waals surface area contributed by atoms with Crippen LogP contribution in [0.4, 0.5) is 5.69 Å². The van der Waals surface area contributed by atoms with Crippen LogP contribution < -0.4 is 15.0 Å². The van der Waals surface area contributed by atoms with Crippen LogP contribution in [0.3, 0.4) is 0 Å². The number of nitrogens with one attached hydrogen (secondary N) is 1. The summed E-state index contributed by atoms with van der Waals surface area (Å²) in [6.07, 6.45) is 1.80. The lowest BCUT2D eigenvalue weighted by molar-refractivity contribution is 0.482. The van der Waals surface area contributed by atoms with Gasteiger partial charge in [0.1, 0.15) is 11.5 Å². The van der Waals surface area contributed by atoms with Crippen LogP contribution >= 0.6 is 35.2 Å². The summed E-state index contributed by atoms with van der Waals surface area (Å²) in [4.78, 5) is 7.82. The van der Waals surface area contributed by atoms with Gasteiger partial charge in [0.05, 0.1) is 22.1 Å². The van der Waals surface area contributed by atoms with Crippen LogP contribution in [0.15, 0.2) is 91.1 Å². The van der Waals surface area contributed by atoms with Crippen LogP contribution in [0.1, 0.15) is 22.7 Å². The first-order chi connectivity index (χ1) is 15.2. The average molecular weight is 464 g/mol. The molecule has 4 nitrogen and oxygen atoms in total. The van der Waals surface area contributed by atoms with Crippen LogP contribution in [0, 0.1) is 0 Å². The molecule has 0 spiro atoms. The van der Waals surface area contributed by atoms with E-state index in [0.717, 1.165) is 32.1 Å². The number of aromatic nitrogens is 1. The van der Waals surface area contributed by atoms with E-state index in [2.05, 4.69) is 21.3 Å². The molecule has 2 atom stereocenters. The highest BCUT2D eigenvalue weighted by molar-refractivity contribution is 7.80. The van der Waals surface area contributed by atoms with E-state index in [1.54, 1.807) is 17.5 Å². The maximum Gasteiger partial charge on any atom is 0.174 e. The fourth-order valence-electron chi connectivity index (χ4n) is 3.71. The van der Waals surface area contributed by atoms with Crippen LogP contribution in [0.25, 0.3) is 0 Å². The van der Waals surface area contributed by atoms with E-state index in [1.807, 2.05) is 78.9 Å². The van der Waals surface area contributed by atoms with Crippen molar-refractivity contribution in [2.75, 3.05) is 4.90 Å². The maximum absolute atomic E-state index is 6.28. The predicted octanol–water partition coefficient (Wildman–Crippen LogP) is 6.77. The molecule has 0 radical (unpaired) electrons. The van der Waals surface area contributed by atoms with Gasteiger partial charge in [-0.2, -0.15) is 0 Å². The number of nitrogens with zero attached hydrogens (tertiary/aromatic N) is 2. The second-order valence-electron chi connectivity index (χ2n) is 7.05. The summed E-state index contributed by atoms with van der Waals surface area (Å²) < 4.78 is 6.68. The molecule has 0 amide bonds. The lowest BCUT2D eigenvalue weighted by Gasteiger charge is -2.27. The van der Waals surface area contributed by atoms with E-state index in [9.17, 15) is 0 Å². The molecule has 1 fully saturated rings. The fourth-order valence-corrected chi connectivity index (χ4v) is 5.24. The number of anilines is 1. The van der Waals surface area contributed by atoms with E-state index in [0.29, 0.717) is 5.11 Å². The van der Waals surface area contributed by atoms with Crippen molar-refractivity contribution in [1.82, 2.24) is 10.3 Å². The number of pyridine rings is 1. The number of para-hydroxylation sites is 1. The van der Waals surface area contributed by atoms with E-state index >= 15 is 0 Å². The van der Waals surface area contributed by atoms with Crippen molar-refractivity contribution >= 4 is 46.0 Å². The highest BCUT2D eigenvalue weighted by Gasteiger charge is 2.41. The van der Waals surface area contributed by atoms with Gasteiger partial charge in [-0.1, -0.05) is 35.9 Å². The van der Waals surface area contributed by atoms with Crippen molar-refractivity contribution in [2.24, 2.45) is 0 Å². The Morgan fingerprint density at radius 1 is 0.903 bits per heavy atom. The molecule has 0 unspecified atom stereocenters. The molecule has 31 heavy (non-hydrogen) atoms. The zero-order valence-electron chi connectivity index (χ0n) is 16.3.